The van der Waals surface area contributed by atoms with E-state index in [9.17, 15) is 0 Å². The van der Waals surface area contributed by atoms with E-state index in [0.717, 1.165) is 6.54 Å². The largest absolute Gasteiger partial charge is 0.330 e. The second kappa shape index (κ2) is 10.6. The molecule has 1 unspecified atom stereocenters. The van der Waals surface area contributed by atoms with Crippen LogP contribution in [0.15, 0.2) is 0 Å². The number of hydrogen-bond donors (Lipinski definition) is 1. The molecule has 0 aromatic rings. The van der Waals surface area contributed by atoms with Gasteiger partial charge in [-0.3, -0.25) is 0 Å². The van der Waals surface area contributed by atoms with Crippen molar-refractivity contribution in [3.05, 3.63) is 0 Å². The quantitative estimate of drug-likeness (QED) is 0.531. The molecule has 1 aliphatic heterocycles. The summed E-state index contributed by atoms with van der Waals surface area (Å²) in [5.74, 6) is 0. The van der Waals surface area contributed by atoms with Crippen LogP contribution in [0.4, 0.5) is 0 Å². The second-order valence-corrected chi connectivity index (χ2v) is 7.22. The molecule has 0 bridgehead atoms. The molecule has 0 radical (unpaired) electrons. The Balaban J connectivity index is 1.84. The van der Waals surface area contributed by atoms with Gasteiger partial charge in [-0.1, -0.05) is 71.6 Å². The summed E-state index contributed by atoms with van der Waals surface area (Å²) in [5.41, 5.74) is 6.26. The van der Waals surface area contributed by atoms with E-state index in [0.29, 0.717) is 5.41 Å². The van der Waals surface area contributed by atoms with Crippen LogP contribution in [-0.4, -0.2) is 31.1 Å². The predicted octanol–water partition coefficient (Wildman–Crippen LogP) is 4.58. The Kier molecular flexibility index (Phi) is 9.54. The van der Waals surface area contributed by atoms with Gasteiger partial charge in [-0.2, -0.15) is 0 Å². The van der Waals surface area contributed by atoms with Crippen LogP contribution in [0.3, 0.4) is 0 Å². The fourth-order valence-electron chi connectivity index (χ4n) is 3.31. The van der Waals surface area contributed by atoms with Gasteiger partial charge in [0.05, 0.1) is 0 Å². The van der Waals surface area contributed by atoms with Gasteiger partial charge in [0.25, 0.3) is 0 Å². The van der Waals surface area contributed by atoms with E-state index in [1.807, 2.05) is 0 Å². The monoisotopic (exact) mass is 282 g/mol. The van der Waals surface area contributed by atoms with Crippen molar-refractivity contribution in [1.82, 2.24) is 4.90 Å². The molecule has 0 aromatic heterocycles. The van der Waals surface area contributed by atoms with E-state index in [1.165, 1.54) is 90.3 Å². The van der Waals surface area contributed by atoms with Crippen LogP contribution in [0.5, 0.6) is 0 Å². The lowest BCUT2D eigenvalue weighted by atomic mass is 9.90. The minimum Gasteiger partial charge on any atom is -0.330 e. The van der Waals surface area contributed by atoms with E-state index >= 15 is 0 Å². The zero-order chi connectivity index (χ0) is 14.7. The highest BCUT2D eigenvalue weighted by molar-refractivity contribution is 4.86. The highest BCUT2D eigenvalue weighted by atomic mass is 15.2. The number of likely N-dealkylation sites (tertiary alicyclic amines) is 1. The number of rotatable bonds is 12. The third kappa shape index (κ3) is 7.64. The van der Waals surface area contributed by atoms with Crippen molar-refractivity contribution in [2.24, 2.45) is 11.1 Å². The first-order valence-corrected chi connectivity index (χ1v) is 9.12. The molecule has 0 aliphatic carbocycles. The first-order valence-electron chi connectivity index (χ1n) is 9.12. The van der Waals surface area contributed by atoms with E-state index in [-0.39, 0.29) is 0 Å². The Hall–Kier alpha value is -0.0800. The van der Waals surface area contributed by atoms with Crippen LogP contribution >= 0.6 is 0 Å². The molecule has 0 spiro atoms. The fraction of sp³-hybridized carbons (Fsp3) is 1.00. The van der Waals surface area contributed by atoms with Crippen molar-refractivity contribution in [2.75, 3.05) is 26.2 Å². The number of hydrogen-bond acceptors (Lipinski definition) is 2. The van der Waals surface area contributed by atoms with E-state index in [2.05, 4.69) is 18.7 Å². The Bertz CT molecular complexity index is 229. The molecule has 1 atom stereocenters. The molecule has 2 heteroatoms. The Morgan fingerprint density at radius 2 is 1.45 bits per heavy atom. The normalized spacial score (nSPS) is 23.6. The fourth-order valence-corrected chi connectivity index (χ4v) is 3.31. The molecule has 1 rings (SSSR count). The van der Waals surface area contributed by atoms with Gasteiger partial charge in [0.1, 0.15) is 0 Å². The van der Waals surface area contributed by atoms with Crippen molar-refractivity contribution in [1.29, 1.82) is 0 Å². The van der Waals surface area contributed by atoms with Crippen molar-refractivity contribution in [2.45, 2.75) is 84.5 Å². The molecule has 120 valence electrons. The van der Waals surface area contributed by atoms with Gasteiger partial charge in [0.2, 0.25) is 0 Å². The summed E-state index contributed by atoms with van der Waals surface area (Å²) in [6.45, 7) is 9.27. The van der Waals surface area contributed by atoms with Gasteiger partial charge >= 0.3 is 0 Å². The first kappa shape index (κ1) is 18.0. The maximum atomic E-state index is 5.86. The van der Waals surface area contributed by atoms with Crippen LogP contribution in [0, 0.1) is 5.41 Å². The number of unbranched alkanes of at least 4 members (excludes halogenated alkanes) is 9. The summed E-state index contributed by atoms with van der Waals surface area (Å²) in [6, 6.07) is 0. The minimum absolute atomic E-state index is 0.401. The van der Waals surface area contributed by atoms with Gasteiger partial charge in [-0.15, -0.1) is 0 Å². The lowest BCUT2D eigenvalue weighted by molar-refractivity contribution is 0.275. The van der Waals surface area contributed by atoms with Crippen molar-refractivity contribution < 1.29 is 0 Å². The number of nitrogens with two attached hydrogens (primary N) is 1. The highest BCUT2D eigenvalue weighted by Gasteiger charge is 2.31. The summed E-state index contributed by atoms with van der Waals surface area (Å²) in [4.78, 5) is 2.62. The average molecular weight is 283 g/mol. The van der Waals surface area contributed by atoms with Crippen LogP contribution < -0.4 is 5.73 Å². The molecular weight excluding hydrogens is 244 g/mol. The van der Waals surface area contributed by atoms with Crippen molar-refractivity contribution in [3.63, 3.8) is 0 Å². The van der Waals surface area contributed by atoms with E-state index < -0.39 is 0 Å². The van der Waals surface area contributed by atoms with Gasteiger partial charge in [0.15, 0.2) is 0 Å². The third-order valence-corrected chi connectivity index (χ3v) is 4.96. The van der Waals surface area contributed by atoms with Crippen LogP contribution in [0.1, 0.15) is 84.5 Å². The van der Waals surface area contributed by atoms with Crippen molar-refractivity contribution >= 4 is 0 Å². The molecule has 2 nitrogen and oxygen atoms in total. The summed E-state index contributed by atoms with van der Waals surface area (Å²) < 4.78 is 0. The lowest BCUT2D eigenvalue weighted by Gasteiger charge is -2.22. The first-order chi connectivity index (χ1) is 9.70. The zero-order valence-electron chi connectivity index (χ0n) is 14.1. The summed E-state index contributed by atoms with van der Waals surface area (Å²) in [7, 11) is 0. The Labute approximate surface area is 127 Å². The topological polar surface area (TPSA) is 29.3 Å². The predicted molar refractivity (Wildman–Crippen MR) is 90.1 cm³/mol. The molecule has 1 fully saturated rings. The van der Waals surface area contributed by atoms with E-state index in [1.54, 1.807) is 0 Å². The highest BCUT2D eigenvalue weighted by Crippen LogP contribution is 2.28. The Morgan fingerprint density at radius 1 is 0.900 bits per heavy atom. The summed E-state index contributed by atoms with van der Waals surface area (Å²) >= 11 is 0. The van der Waals surface area contributed by atoms with Gasteiger partial charge in [-0.25, -0.2) is 0 Å². The second-order valence-electron chi connectivity index (χ2n) is 7.22. The third-order valence-electron chi connectivity index (χ3n) is 4.96. The smallest absolute Gasteiger partial charge is 0.00479 e. The molecule has 20 heavy (non-hydrogen) atoms. The van der Waals surface area contributed by atoms with Crippen molar-refractivity contribution in [3.8, 4) is 0 Å². The van der Waals surface area contributed by atoms with E-state index in [4.69, 9.17) is 5.73 Å². The van der Waals surface area contributed by atoms with Crippen LogP contribution in [0.25, 0.3) is 0 Å². The Morgan fingerprint density at radius 3 is 1.95 bits per heavy atom. The molecular formula is C18H38N2. The molecule has 0 amide bonds. The zero-order valence-corrected chi connectivity index (χ0v) is 14.1. The number of nitrogens with zero attached hydrogens (tertiary/aromatic N) is 1. The maximum absolute atomic E-state index is 5.86. The van der Waals surface area contributed by atoms with Gasteiger partial charge < -0.3 is 10.6 Å². The molecule has 1 aliphatic rings. The maximum Gasteiger partial charge on any atom is 0.00479 e. The van der Waals surface area contributed by atoms with Crippen LogP contribution in [0.2, 0.25) is 0 Å². The van der Waals surface area contributed by atoms with Crippen LogP contribution in [-0.2, 0) is 0 Å². The van der Waals surface area contributed by atoms with Gasteiger partial charge in [-0.05, 0) is 37.9 Å². The molecule has 1 heterocycles. The average Bonchev–Trinajstić information content (AvgIpc) is 2.83. The molecule has 2 N–H and O–H groups in total. The molecule has 1 saturated heterocycles. The van der Waals surface area contributed by atoms with Gasteiger partial charge in [0, 0.05) is 6.54 Å². The SMILES string of the molecule is CCCCCCCCCCCCN1CCC(C)(CN)C1. The summed E-state index contributed by atoms with van der Waals surface area (Å²) in [6.07, 6.45) is 15.6. The standard InChI is InChI=1S/C18H38N2/c1-3-4-5-6-7-8-9-10-11-12-14-20-15-13-18(2,16-19)17-20/h3-17,19H2,1-2H3. The molecule has 0 aromatic carbocycles. The summed E-state index contributed by atoms with van der Waals surface area (Å²) in [5, 5.41) is 0. The lowest BCUT2D eigenvalue weighted by Crippen LogP contribution is -2.31. The minimum atomic E-state index is 0.401. The molecule has 0 saturated carbocycles.